The van der Waals surface area contributed by atoms with Crippen LogP contribution >= 0.6 is 11.3 Å². The predicted molar refractivity (Wildman–Crippen MR) is 57.5 cm³/mol. The van der Waals surface area contributed by atoms with E-state index in [0.717, 1.165) is 19.4 Å². The van der Waals surface area contributed by atoms with Gasteiger partial charge in [0.05, 0.1) is 11.6 Å². The van der Waals surface area contributed by atoms with Crippen molar-refractivity contribution >= 4 is 11.3 Å². The van der Waals surface area contributed by atoms with Crippen LogP contribution in [-0.4, -0.2) is 24.7 Å². The lowest BCUT2D eigenvalue weighted by Crippen LogP contribution is -2.55. The molecule has 78 valence electrons. The molecule has 1 heterocycles. The summed E-state index contributed by atoms with van der Waals surface area (Å²) in [7, 11) is 1.78. The molecule has 0 atom stereocenters. The number of rotatable bonds is 4. The molecular weight excluding hydrogens is 196 g/mol. The first-order chi connectivity index (χ1) is 6.80. The van der Waals surface area contributed by atoms with Gasteiger partial charge in [-0.15, -0.1) is 11.3 Å². The summed E-state index contributed by atoms with van der Waals surface area (Å²) in [6, 6.07) is 0. The maximum absolute atomic E-state index is 5.32. The molecule has 0 radical (unpaired) electrons. The number of nitrogens with one attached hydrogen (secondary N) is 1. The molecule has 0 saturated heterocycles. The Balaban J connectivity index is 2.10. The Morgan fingerprint density at radius 2 is 2.50 bits per heavy atom. The first-order valence-corrected chi connectivity index (χ1v) is 5.86. The monoisotopic (exact) mass is 212 g/mol. The van der Waals surface area contributed by atoms with E-state index < -0.39 is 0 Å². The van der Waals surface area contributed by atoms with Crippen LogP contribution in [0.15, 0.2) is 11.6 Å². The number of nitrogens with zero attached hydrogens (tertiary/aromatic N) is 1. The summed E-state index contributed by atoms with van der Waals surface area (Å²) >= 11 is 1.73. The molecule has 4 heteroatoms. The van der Waals surface area contributed by atoms with Crippen molar-refractivity contribution in [3.05, 3.63) is 16.6 Å². The second-order valence-corrected chi connectivity index (χ2v) is 4.61. The molecule has 0 spiro atoms. The van der Waals surface area contributed by atoms with Gasteiger partial charge in [0, 0.05) is 18.7 Å². The van der Waals surface area contributed by atoms with Crippen molar-refractivity contribution in [2.45, 2.75) is 31.4 Å². The van der Waals surface area contributed by atoms with Crippen molar-refractivity contribution in [2.24, 2.45) is 0 Å². The van der Waals surface area contributed by atoms with E-state index >= 15 is 0 Å². The highest BCUT2D eigenvalue weighted by Gasteiger charge is 2.47. The van der Waals surface area contributed by atoms with Crippen molar-refractivity contribution in [1.29, 1.82) is 0 Å². The average Bonchev–Trinajstić information content (AvgIpc) is 2.63. The Morgan fingerprint density at radius 1 is 1.71 bits per heavy atom. The van der Waals surface area contributed by atoms with Gasteiger partial charge in [-0.25, -0.2) is 4.98 Å². The van der Waals surface area contributed by atoms with Crippen molar-refractivity contribution < 1.29 is 4.74 Å². The number of hydrogen-bond acceptors (Lipinski definition) is 4. The smallest absolute Gasteiger partial charge is 0.113 e. The fraction of sp³-hybridized carbons (Fsp3) is 0.700. The molecule has 1 N–H and O–H groups in total. The van der Waals surface area contributed by atoms with E-state index in [4.69, 9.17) is 4.74 Å². The zero-order valence-electron chi connectivity index (χ0n) is 8.62. The zero-order valence-corrected chi connectivity index (χ0v) is 9.43. The number of thiazole rings is 1. The van der Waals surface area contributed by atoms with Gasteiger partial charge >= 0.3 is 0 Å². The van der Waals surface area contributed by atoms with Gasteiger partial charge in [-0.2, -0.15) is 0 Å². The van der Waals surface area contributed by atoms with Gasteiger partial charge in [0.1, 0.15) is 5.01 Å². The predicted octanol–water partition coefficient (Wildman–Crippen LogP) is 1.76. The van der Waals surface area contributed by atoms with E-state index in [0.29, 0.717) is 6.10 Å². The third-order valence-electron chi connectivity index (χ3n) is 2.84. The first kappa shape index (κ1) is 10.1. The average molecular weight is 212 g/mol. The molecule has 14 heavy (non-hydrogen) atoms. The summed E-state index contributed by atoms with van der Waals surface area (Å²) in [5.41, 5.74) is 0.101. The Kier molecular flexibility index (Phi) is 2.85. The Morgan fingerprint density at radius 3 is 3.00 bits per heavy atom. The van der Waals surface area contributed by atoms with Crippen LogP contribution in [0.5, 0.6) is 0 Å². The normalized spacial score (nSPS) is 31.4. The van der Waals surface area contributed by atoms with E-state index in [-0.39, 0.29) is 5.54 Å². The molecule has 3 nitrogen and oxygen atoms in total. The molecule has 0 aliphatic heterocycles. The Bertz CT molecular complexity index is 280. The van der Waals surface area contributed by atoms with Gasteiger partial charge in [0.15, 0.2) is 0 Å². The van der Waals surface area contributed by atoms with Gasteiger partial charge in [0.25, 0.3) is 0 Å². The maximum Gasteiger partial charge on any atom is 0.113 e. The molecule has 2 rings (SSSR count). The summed E-state index contributed by atoms with van der Waals surface area (Å²) in [5, 5.41) is 6.77. The van der Waals surface area contributed by atoms with Crippen molar-refractivity contribution in [2.75, 3.05) is 13.7 Å². The van der Waals surface area contributed by atoms with E-state index in [2.05, 4.69) is 17.2 Å². The largest absolute Gasteiger partial charge is 0.381 e. The Labute approximate surface area is 88.5 Å². The minimum atomic E-state index is 0.101. The standard InChI is InChI=1S/C10H16N2OS/c1-3-12-10(6-8(7-10)13-2)9-11-4-5-14-9/h4-5,8,12H,3,6-7H2,1-2H3. The van der Waals surface area contributed by atoms with E-state index in [1.54, 1.807) is 18.4 Å². The molecule has 1 aromatic rings. The van der Waals surface area contributed by atoms with Crippen molar-refractivity contribution in [3.63, 3.8) is 0 Å². The third kappa shape index (κ3) is 1.58. The number of aromatic nitrogens is 1. The molecule has 0 unspecified atom stereocenters. The molecular formula is C10H16N2OS. The van der Waals surface area contributed by atoms with Crippen LogP contribution in [0.3, 0.4) is 0 Å². The van der Waals surface area contributed by atoms with Crippen LogP contribution in [0, 0.1) is 0 Å². The number of ether oxygens (including phenoxy) is 1. The lowest BCUT2D eigenvalue weighted by atomic mass is 9.74. The number of hydrogen-bond donors (Lipinski definition) is 1. The third-order valence-corrected chi connectivity index (χ3v) is 3.82. The van der Waals surface area contributed by atoms with Gasteiger partial charge in [-0.3, -0.25) is 0 Å². The summed E-state index contributed by atoms with van der Waals surface area (Å²) in [6.07, 6.45) is 4.37. The maximum atomic E-state index is 5.32. The van der Waals surface area contributed by atoms with Crippen LogP contribution in [0.25, 0.3) is 0 Å². The molecule has 0 bridgehead atoms. The van der Waals surface area contributed by atoms with Gasteiger partial charge < -0.3 is 10.1 Å². The summed E-state index contributed by atoms with van der Waals surface area (Å²) in [4.78, 5) is 4.40. The molecule has 1 aliphatic rings. The highest BCUT2D eigenvalue weighted by atomic mass is 32.1. The van der Waals surface area contributed by atoms with Crippen molar-refractivity contribution in [3.8, 4) is 0 Å². The minimum absolute atomic E-state index is 0.101. The second-order valence-electron chi connectivity index (χ2n) is 3.72. The summed E-state index contributed by atoms with van der Waals surface area (Å²) < 4.78 is 5.32. The molecule has 1 saturated carbocycles. The summed E-state index contributed by atoms with van der Waals surface area (Å²) in [5.74, 6) is 0. The van der Waals surface area contributed by atoms with Gasteiger partial charge in [-0.1, -0.05) is 6.92 Å². The fourth-order valence-corrected chi connectivity index (χ4v) is 2.91. The van der Waals surface area contributed by atoms with Crippen LogP contribution in [0.2, 0.25) is 0 Å². The Hall–Kier alpha value is -0.450. The fourth-order valence-electron chi connectivity index (χ4n) is 2.08. The first-order valence-electron chi connectivity index (χ1n) is 4.98. The minimum Gasteiger partial charge on any atom is -0.381 e. The van der Waals surface area contributed by atoms with E-state index in [1.165, 1.54) is 5.01 Å². The molecule has 0 amide bonds. The molecule has 1 aliphatic carbocycles. The molecule has 0 aromatic carbocycles. The highest BCUT2D eigenvalue weighted by Crippen LogP contribution is 2.43. The van der Waals surface area contributed by atoms with Crippen LogP contribution < -0.4 is 5.32 Å². The molecule has 1 aromatic heterocycles. The van der Waals surface area contributed by atoms with E-state index in [9.17, 15) is 0 Å². The quantitative estimate of drug-likeness (QED) is 0.825. The van der Waals surface area contributed by atoms with Crippen LogP contribution in [-0.2, 0) is 10.3 Å². The zero-order chi connectivity index (χ0) is 10.0. The van der Waals surface area contributed by atoms with Crippen LogP contribution in [0.1, 0.15) is 24.8 Å². The van der Waals surface area contributed by atoms with E-state index in [1.807, 2.05) is 11.6 Å². The lowest BCUT2D eigenvalue weighted by Gasteiger charge is -2.46. The number of methoxy groups -OCH3 is 1. The molecule has 1 fully saturated rings. The summed E-state index contributed by atoms with van der Waals surface area (Å²) in [6.45, 7) is 3.12. The van der Waals surface area contributed by atoms with Gasteiger partial charge in [0.2, 0.25) is 0 Å². The highest BCUT2D eigenvalue weighted by molar-refractivity contribution is 7.09. The topological polar surface area (TPSA) is 34.2 Å². The van der Waals surface area contributed by atoms with Crippen molar-refractivity contribution in [1.82, 2.24) is 10.3 Å². The SMILES string of the molecule is CCNC1(c2nccs2)CC(OC)C1. The van der Waals surface area contributed by atoms with Crippen LogP contribution in [0.4, 0.5) is 0 Å². The second kappa shape index (κ2) is 3.96. The lowest BCUT2D eigenvalue weighted by molar-refractivity contribution is -0.0324. The van der Waals surface area contributed by atoms with Gasteiger partial charge in [-0.05, 0) is 19.4 Å².